The first-order valence-corrected chi connectivity index (χ1v) is 9.04. The Balaban J connectivity index is 0.000000515. The normalized spacial score (nSPS) is 26.0. The highest BCUT2D eigenvalue weighted by atomic mass is 31.1. The molecule has 1 saturated heterocycles. The molecule has 28 heavy (non-hydrogen) atoms. The highest BCUT2D eigenvalue weighted by molar-refractivity contribution is 7.30. The Morgan fingerprint density at radius 3 is 2.50 bits per heavy atom. The summed E-state index contributed by atoms with van der Waals surface area (Å²) >= 11 is 0. The summed E-state index contributed by atoms with van der Waals surface area (Å²) in [6.45, 7) is -0.395. The Hall–Kier alpha value is -2.16. The van der Waals surface area contributed by atoms with Gasteiger partial charge in [0.25, 0.3) is 0 Å². The van der Waals surface area contributed by atoms with Gasteiger partial charge in [0.05, 0.1) is 12.0 Å². The predicted octanol–water partition coefficient (Wildman–Crippen LogP) is -3.35. The molecule has 2 aliphatic heterocycles. The fraction of sp³-hybridized carbons (Fsp3) is 0.462. The van der Waals surface area contributed by atoms with Crippen LogP contribution in [0.25, 0.3) is 11.0 Å². The molecule has 15 heteroatoms. The van der Waals surface area contributed by atoms with Gasteiger partial charge in [0.1, 0.15) is 30.3 Å². The monoisotopic (exact) mass is 420 g/mol. The topological polar surface area (TPSA) is 231 Å². The molecule has 4 heterocycles. The number of hydrogen-bond donors (Lipinski definition) is 6. The van der Waals surface area contributed by atoms with Gasteiger partial charge < -0.3 is 45.6 Å². The Morgan fingerprint density at radius 1 is 1.29 bits per heavy atom. The van der Waals surface area contributed by atoms with Crippen molar-refractivity contribution in [2.75, 3.05) is 18.7 Å². The number of ether oxygens (including phenoxy) is 1. The zero-order chi connectivity index (χ0) is 19.9. The third kappa shape index (κ3) is 3.72. The summed E-state index contributed by atoms with van der Waals surface area (Å²) < 4.78 is 15.9. The van der Waals surface area contributed by atoms with Crippen molar-refractivity contribution in [1.29, 1.82) is 0 Å². The van der Waals surface area contributed by atoms with E-state index in [0.29, 0.717) is 28.3 Å². The van der Waals surface area contributed by atoms with Gasteiger partial charge in [-0.2, -0.15) is 5.10 Å². The summed E-state index contributed by atoms with van der Waals surface area (Å²) in [5.74, 6) is 0.884. The number of aromatic nitrogens is 3. The van der Waals surface area contributed by atoms with Crippen molar-refractivity contribution >= 4 is 30.9 Å². The van der Waals surface area contributed by atoms with E-state index in [9.17, 15) is 15.3 Å². The zero-order valence-electron chi connectivity index (χ0n) is 14.5. The van der Waals surface area contributed by atoms with Crippen LogP contribution < -0.4 is 10.7 Å². The maximum absolute atomic E-state index is 10.2. The van der Waals surface area contributed by atoms with E-state index in [2.05, 4.69) is 15.1 Å². The molecule has 2 aliphatic rings. The van der Waals surface area contributed by atoms with Crippen LogP contribution in [-0.2, 0) is 9.30 Å². The number of amidine groups is 1. The van der Waals surface area contributed by atoms with E-state index in [4.69, 9.17) is 24.8 Å². The average Bonchev–Trinajstić information content (AvgIpc) is 3.12. The lowest BCUT2D eigenvalue weighted by atomic mass is 10.1. The van der Waals surface area contributed by atoms with E-state index in [1.807, 2.05) is 0 Å². The number of nitrogens with zero attached hydrogens (tertiary/aromatic N) is 5. The van der Waals surface area contributed by atoms with E-state index in [-0.39, 0.29) is 5.48 Å². The van der Waals surface area contributed by atoms with E-state index in [1.165, 1.54) is 6.33 Å². The van der Waals surface area contributed by atoms with Gasteiger partial charge in [0, 0.05) is 18.8 Å². The van der Waals surface area contributed by atoms with Gasteiger partial charge in [-0.3, -0.25) is 4.57 Å². The molecule has 0 saturated carbocycles. The lowest BCUT2D eigenvalue weighted by Gasteiger charge is -2.19. The average molecular weight is 420 g/mol. The number of anilines is 1. The summed E-state index contributed by atoms with van der Waals surface area (Å²) in [5.41, 5.74) is 7.10. The van der Waals surface area contributed by atoms with Crippen molar-refractivity contribution in [3.8, 4) is 0 Å². The summed E-state index contributed by atoms with van der Waals surface area (Å²) in [7, 11) is -1.41. The molecule has 4 atom stereocenters. The molecule has 2 aromatic rings. The van der Waals surface area contributed by atoms with Crippen molar-refractivity contribution in [3.63, 3.8) is 0 Å². The summed E-state index contributed by atoms with van der Waals surface area (Å²) in [6, 6.07) is 0. The van der Waals surface area contributed by atoms with E-state index < -0.39 is 39.4 Å². The molecule has 14 nitrogen and oxygen atoms in total. The van der Waals surface area contributed by atoms with Crippen LogP contribution in [0.5, 0.6) is 0 Å². The molecule has 0 unspecified atom stereocenters. The zero-order valence-corrected chi connectivity index (χ0v) is 15.5. The van der Waals surface area contributed by atoms with Crippen LogP contribution in [0.4, 0.5) is 5.82 Å². The molecular weight excluding hydrogens is 399 g/mol. The predicted molar refractivity (Wildman–Crippen MR) is 96.7 cm³/mol. The summed E-state index contributed by atoms with van der Waals surface area (Å²) in [6.07, 6.45) is -1.10. The van der Waals surface area contributed by atoms with Crippen molar-refractivity contribution in [2.45, 2.75) is 24.5 Å². The maximum atomic E-state index is 10.2. The van der Waals surface area contributed by atoms with Gasteiger partial charge in [0.15, 0.2) is 17.9 Å². The molecule has 9 N–H and O–H groups in total. The van der Waals surface area contributed by atoms with Crippen LogP contribution in [0.15, 0.2) is 17.6 Å². The number of rotatable bonds is 2. The largest absolute Gasteiger partial charge is 0.412 e. The molecule has 156 valence electrons. The molecule has 0 aromatic carbocycles. The third-order valence-electron chi connectivity index (χ3n) is 4.22. The summed E-state index contributed by atoms with van der Waals surface area (Å²) in [5, 5.41) is 35.9. The number of aliphatic hydroxyl groups is 3. The molecule has 0 amide bonds. The number of hydrazone groups is 1. The smallest absolute Gasteiger partial charge is 0.314 e. The fourth-order valence-electron chi connectivity index (χ4n) is 3.07. The lowest BCUT2D eigenvalue weighted by molar-refractivity contribution is -0.0508. The Morgan fingerprint density at radius 2 is 1.93 bits per heavy atom. The van der Waals surface area contributed by atoms with Crippen LogP contribution in [0, 0.1) is 0 Å². The number of nitrogens with two attached hydrogens (primary N) is 1. The molecule has 0 spiro atoms. The van der Waals surface area contributed by atoms with Crippen LogP contribution in [0.2, 0.25) is 0 Å². The van der Waals surface area contributed by atoms with Crippen LogP contribution >= 0.6 is 8.25 Å². The van der Waals surface area contributed by atoms with Crippen LogP contribution in [0.1, 0.15) is 11.8 Å². The van der Waals surface area contributed by atoms with Crippen molar-refractivity contribution in [2.24, 2.45) is 10.8 Å². The minimum Gasteiger partial charge on any atom is -0.412 e. The molecule has 1 fully saturated rings. The first kappa shape index (κ1) is 22.1. The molecule has 2 aromatic heterocycles. The lowest BCUT2D eigenvalue weighted by Crippen LogP contribution is -2.33. The van der Waals surface area contributed by atoms with Crippen LogP contribution in [-0.4, -0.2) is 82.9 Å². The molecule has 0 radical (unpaired) electrons. The Bertz CT molecular complexity index is 903. The molecular formula is C13H21N6O8P. The fourth-order valence-corrected chi connectivity index (χ4v) is 3.07. The van der Waals surface area contributed by atoms with Gasteiger partial charge in [-0.25, -0.2) is 15.0 Å². The van der Waals surface area contributed by atoms with Crippen molar-refractivity contribution < 1.29 is 39.9 Å². The molecule has 0 aliphatic carbocycles. The minimum atomic E-state index is -3.13. The van der Waals surface area contributed by atoms with E-state index in [1.54, 1.807) is 22.8 Å². The van der Waals surface area contributed by atoms with Gasteiger partial charge in [-0.1, -0.05) is 0 Å². The van der Waals surface area contributed by atoms with Gasteiger partial charge in [-0.05, 0) is 0 Å². The number of hydrogen-bond acceptors (Lipinski definition) is 10. The van der Waals surface area contributed by atoms with Gasteiger partial charge >= 0.3 is 8.25 Å². The maximum Gasteiger partial charge on any atom is 0.314 e. The van der Waals surface area contributed by atoms with E-state index in [0.717, 1.165) is 0 Å². The Kier molecular flexibility index (Phi) is 6.69. The van der Waals surface area contributed by atoms with Crippen molar-refractivity contribution in [1.82, 2.24) is 14.5 Å². The first-order chi connectivity index (χ1) is 12.8. The quantitative estimate of drug-likeness (QED) is 0.263. The van der Waals surface area contributed by atoms with Gasteiger partial charge in [-0.15, -0.1) is 0 Å². The standard InChI is InChI=1S/C13H16N6O4.H3O3P.H2O/c1-18-11-7-5(10(14)17-18)2-19(12(7)16-4-15-11)13-9(22)8(21)6(3-20)23-13;1-4(2)3;/h2,4,6,8-9,13,20-22H,3H2,1H3,(H2,14,17);4H,(H2,1,2,3);1H2/t6-,8-,9-,13-;;/m1../s1. The number of aliphatic hydroxyl groups excluding tert-OH is 3. The highest BCUT2D eigenvalue weighted by Gasteiger charge is 2.44. The van der Waals surface area contributed by atoms with Crippen molar-refractivity contribution in [3.05, 3.63) is 18.1 Å². The highest BCUT2D eigenvalue weighted by Crippen LogP contribution is 2.36. The van der Waals surface area contributed by atoms with Crippen LogP contribution in [0.3, 0.4) is 0 Å². The molecule has 4 rings (SSSR count). The minimum absolute atomic E-state index is 0. The molecule has 0 bridgehead atoms. The van der Waals surface area contributed by atoms with Gasteiger partial charge in [0.2, 0.25) is 0 Å². The summed E-state index contributed by atoms with van der Waals surface area (Å²) in [4.78, 5) is 22.8. The van der Waals surface area contributed by atoms with E-state index >= 15 is 0 Å². The second-order valence-corrected chi connectivity index (χ2v) is 6.43. The first-order valence-electron chi connectivity index (χ1n) is 7.74. The third-order valence-corrected chi connectivity index (χ3v) is 4.22. The second-order valence-electron chi connectivity index (χ2n) is 5.87. The SMILES string of the molecule is CN1N=C(N)c2cn([C@@H]3O[C@H](CO)[C@@H](O)[C@H]3O)c3ncnc1c23.O.O=[PH](O)O. The Labute approximate surface area is 158 Å². The second kappa shape index (κ2) is 8.46.